The predicted molar refractivity (Wildman–Crippen MR) is 97.3 cm³/mol. The predicted octanol–water partition coefficient (Wildman–Crippen LogP) is 3.96. The molecule has 1 fully saturated rings. The van der Waals surface area contributed by atoms with Crippen molar-refractivity contribution in [3.05, 3.63) is 52.5 Å². The second-order valence-electron chi connectivity index (χ2n) is 6.43. The Morgan fingerprint density at radius 1 is 1.25 bits per heavy atom. The van der Waals surface area contributed by atoms with Crippen molar-refractivity contribution < 1.29 is 4.79 Å². The van der Waals surface area contributed by atoms with Gasteiger partial charge >= 0.3 is 0 Å². The Morgan fingerprint density at radius 3 is 2.83 bits per heavy atom. The van der Waals surface area contributed by atoms with Crippen LogP contribution in [0.1, 0.15) is 36.6 Å². The number of hydrogen-bond donors (Lipinski definition) is 1. The van der Waals surface area contributed by atoms with E-state index in [1.807, 2.05) is 23.1 Å². The Bertz CT molecular complexity index is 783. The van der Waals surface area contributed by atoms with Gasteiger partial charge in [0.05, 0.1) is 11.0 Å². The summed E-state index contributed by atoms with van der Waals surface area (Å²) in [6.07, 6.45) is 3.45. The first-order chi connectivity index (χ1) is 11.8. The number of aryl methyl sites for hydroxylation is 1. The van der Waals surface area contributed by atoms with Gasteiger partial charge < -0.3 is 9.88 Å². The van der Waals surface area contributed by atoms with E-state index in [2.05, 4.69) is 27.9 Å². The highest BCUT2D eigenvalue weighted by atomic mass is 32.1. The van der Waals surface area contributed by atoms with E-state index in [9.17, 15) is 4.79 Å². The van der Waals surface area contributed by atoms with Gasteiger partial charge in [-0.3, -0.25) is 4.79 Å². The highest BCUT2D eigenvalue weighted by Gasteiger charge is 2.25. The molecular formula is C19H21N3OS. The van der Waals surface area contributed by atoms with Crippen LogP contribution in [0, 0.1) is 0 Å². The minimum atomic E-state index is 0.282. The average Bonchev–Trinajstić information content (AvgIpc) is 3.29. The first-order valence-electron chi connectivity index (χ1n) is 8.53. The number of rotatable bonds is 4. The van der Waals surface area contributed by atoms with Crippen LogP contribution in [0.4, 0.5) is 0 Å². The number of carbonyl (C=O) groups is 1. The minimum absolute atomic E-state index is 0.282. The van der Waals surface area contributed by atoms with Crippen LogP contribution in [0.2, 0.25) is 0 Å². The summed E-state index contributed by atoms with van der Waals surface area (Å²) < 4.78 is 0. The zero-order valence-corrected chi connectivity index (χ0v) is 14.4. The number of para-hydroxylation sites is 2. The number of carbonyl (C=O) groups excluding carboxylic acids is 1. The van der Waals surface area contributed by atoms with Gasteiger partial charge in [0, 0.05) is 25.4 Å². The van der Waals surface area contributed by atoms with Gasteiger partial charge in [-0.2, -0.15) is 11.3 Å². The van der Waals surface area contributed by atoms with Crippen LogP contribution in [0.25, 0.3) is 11.0 Å². The standard InChI is InChI=1S/C19H21N3OS/c23-18(6-5-14-9-12-24-13-14)22-10-7-15(8-11-22)19-20-16-3-1-2-4-17(16)21-19/h1-4,9,12-13,15H,5-8,10-11H2,(H,20,21). The fraction of sp³-hybridized carbons (Fsp3) is 0.368. The number of likely N-dealkylation sites (tertiary alicyclic amines) is 1. The minimum Gasteiger partial charge on any atom is -0.343 e. The number of piperidine rings is 1. The number of hydrogen-bond acceptors (Lipinski definition) is 3. The van der Waals surface area contributed by atoms with E-state index >= 15 is 0 Å². The van der Waals surface area contributed by atoms with Gasteiger partial charge in [-0.25, -0.2) is 4.98 Å². The molecule has 0 saturated carbocycles. The summed E-state index contributed by atoms with van der Waals surface area (Å²) in [6, 6.07) is 10.2. The molecule has 3 heterocycles. The smallest absolute Gasteiger partial charge is 0.222 e. The van der Waals surface area contributed by atoms with Crippen molar-refractivity contribution in [1.82, 2.24) is 14.9 Å². The molecule has 0 radical (unpaired) electrons. The average molecular weight is 339 g/mol. The highest BCUT2D eigenvalue weighted by Crippen LogP contribution is 2.28. The summed E-state index contributed by atoms with van der Waals surface area (Å²) in [6.45, 7) is 1.67. The van der Waals surface area contributed by atoms with Gasteiger partial charge in [0.2, 0.25) is 5.91 Å². The molecule has 1 aliphatic heterocycles. The number of imidazole rings is 1. The summed E-state index contributed by atoms with van der Waals surface area (Å²) in [7, 11) is 0. The zero-order valence-electron chi connectivity index (χ0n) is 13.6. The number of nitrogens with zero attached hydrogens (tertiary/aromatic N) is 2. The first-order valence-corrected chi connectivity index (χ1v) is 9.47. The van der Waals surface area contributed by atoms with Crippen LogP contribution >= 0.6 is 11.3 Å². The number of benzene rings is 1. The number of thiophene rings is 1. The second-order valence-corrected chi connectivity index (χ2v) is 7.21. The number of H-pyrrole nitrogens is 1. The van der Waals surface area contributed by atoms with Crippen LogP contribution in [0.15, 0.2) is 41.1 Å². The Labute approximate surface area is 145 Å². The molecule has 124 valence electrons. The largest absolute Gasteiger partial charge is 0.343 e. The third-order valence-corrected chi connectivity index (χ3v) is 5.58. The van der Waals surface area contributed by atoms with Crippen LogP contribution in [0.5, 0.6) is 0 Å². The molecule has 0 atom stereocenters. The molecule has 3 aromatic rings. The fourth-order valence-corrected chi connectivity index (χ4v) is 4.12. The topological polar surface area (TPSA) is 49.0 Å². The third kappa shape index (κ3) is 3.22. The lowest BCUT2D eigenvalue weighted by atomic mass is 9.96. The molecule has 1 aromatic carbocycles. The lowest BCUT2D eigenvalue weighted by Gasteiger charge is -2.31. The van der Waals surface area contributed by atoms with E-state index in [0.29, 0.717) is 12.3 Å². The van der Waals surface area contributed by atoms with E-state index < -0.39 is 0 Å². The number of fused-ring (bicyclic) bond motifs is 1. The maximum atomic E-state index is 12.4. The number of nitrogens with one attached hydrogen (secondary N) is 1. The molecule has 0 aliphatic carbocycles. The van der Waals surface area contributed by atoms with Crippen molar-refractivity contribution in [3.63, 3.8) is 0 Å². The molecule has 1 N–H and O–H groups in total. The molecule has 1 aliphatic rings. The maximum Gasteiger partial charge on any atom is 0.222 e. The molecule has 24 heavy (non-hydrogen) atoms. The van der Waals surface area contributed by atoms with Gasteiger partial charge in [0.15, 0.2) is 0 Å². The summed E-state index contributed by atoms with van der Waals surface area (Å²) in [5.41, 5.74) is 3.40. The number of aromatic amines is 1. The highest BCUT2D eigenvalue weighted by molar-refractivity contribution is 7.07. The van der Waals surface area contributed by atoms with Crippen molar-refractivity contribution in [3.8, 4) is 0 Å². The molecule has 0 bridgehead atoms. The SMILES string of the molecule is O=C(CCc1ccsc1)N1CCC(c2nc3ccccc3[nH]2)CC1. The molecular weight excluding hydrogens is 318 g/mol. The van der Waals surface area contributed by atoms with Gasteiger partial charge in [-0.15, -0.1) is 0 Å². The van der Waals surface area contributed by atoms with E-state index in [1.54, 1.807) is 11.3 Å². The van der Waals surface area contributed by atoms with Crippen molar-refractivity contribution in [2.75, 3.05) is 13.1 Å². The summed E-state index contributed by atoms with van der Waals surface area (Å²) in [5.74, 6) is 1.78. The van der Waals surface area contributed by atoms with E-state index in [0.717, 1.165) is 49.2 Å². The maximum absolute atomic E-state index is 12.4. The van der Waals surface area contributed by atoms with Crippen LogP contribution in [0.3, 0.4) is 0 Å². The van der Waals surface area contributed by atoms with Crippen molar-refractivity contribution in [2.24, 2.45) is 0 Å². The van der Waals surface area contributed by atoms with Gasteiger partial charge in [-0.1, -0.05) is 12.1 Å². The van der Waals surface area contributed by atoms with E-state index in [1.165, 1.54) is 5.56 Å². The summed E-state index contributed by atoms with van der Waals surface area (Å²) in [5, 5.41) is 4.19. The Morgan fingerprint density at radius 2 is 2.08 bits per heavy atom. The van der Waals surface area contributed by atoms with Crippen LogP contribution < -0.4 is 0 Å². The molecule has 5 heteroatoms. The Kier molecular flexibility index (Phi) is 4.34. The molecule has 1 saturated heterocycles. The monoisotopic (exact) mass is 339 g/mol. The Hall–Kier alpha value is -2.14. The van der Waals surface area contributed by atoms with Gasteiger partial charge in [0.25, 0.3) is 0 Å². The molecule has 0 unspecified atom stereocenters. The molecule has 4 rings (SSSR count). The Balaban J connectivity index is 1.33. The van der Waals surface area contributed by atoms with Crippen LogP contribution in [-0.4, -0.2) is 33.9 Å². The molecule has 4 nitrogen and oxygen atoms in total. The van der Waals surface area contributed by atoms with Crippen molar-refractivity contribution in [1.29, 1.82) is 0 Å². The van der Waals surface area contributed by atoms with E-state index in [-0.39, 0.29) is 5.91 Å². The quantitative estimate of drug-likeness (QED) is 0.782. The number of amides is 1. The van der Waals surface area contributed by atoms with Crippen molar-refractivity contribution in [2.45, 2.75) is 31.6 Å². The molecule has 0 spiro atoms. The van der Waals surface area contributed by atoms with E-state index in [4.69, 9.17) is 4.98 Å². The summed E-state index contributed by atoms with van der Waals surface area (Å²) >= 11 is 1.69. The van der Waals surface area contributed by atoms with Crippen LogP contribution in [-0.2, 0) is 11.2 Å². The summed E-state index contributed by atoms with van der Waals surface area (Å²) in [4.78, 5) is 22.6. The molecule has 2 aromatic heterocycles. The zero-order chi connectivity index (χ0) is 16.4. The first kappa shape index (κ1) is 15.4. The number of aromatic nitrogens is 2. The lowest BCUT2D eigenvalue weighted by molar-refractivity contribution is -0.132. The molecule has 1 amide bonds. The van der Waals surface area contributed by atoms with Gasteiger partial charge in [-0.05, 0) is 53.8 Å². The van der Waals surface area contributed by atoms with Gasteiger partial charge in [0.1, 0.15) is 5.82 Å². The lowest BCUT2D eigenvalue weighted by Crippen LogP contribution is -2.38. The normalized spacial score (nSPS) is 15.9. The third-order valence-electron chi connectivity index (χ3n) is 4.85. The fourth-order valence-electron chi connectivity index (χ4n) is 3.41. The van der Waals surface area contributed by atoms with Crippen molar-refractivity contribution >= 4 is 28.3 Å². The second kappa shape index (κ2) is 6.77.